The van der Waals surface area contributed by atoms with Crippen LogP contribution in [-0.4, -0.2) is 18.1 Å². The lowest BCUT2D eigenvalue weighted by Gasteiger charge is -2.01. The van der Waals surface area contributed by atoms with Gasteiger partial charge in [0.05, 0.1) is 12.6 Å². The van der Waals surface area contributed by atoms with Gasteiger partial charge in [-0.2, -0.15) is 0 Å². The van der Waals surface area contributed by atoms with Crippen LogP contribution in [-0.2, 0) is 4.74 Å². The van der Waals surface area contributed by atoms with Crippen molar-refractivity contribution in [2.75, 3.05) is 7.11 Å². The van der Waals surface area contributed by atoms with E-state index < -0.39 is 0 Å². The monoisotopic (exact) mass is 307 g/mol. The van der Waals surface area contributed by atoms with Crippen molar-refractivity contribution in [3.63, 3.8) is 0 Å². The molecule has 108 valence electrons. The van der Waals surface area contributed by atoms with E-state index in [9.17, 15) is 4.79 Å². The zero-order valence-electron chi connectivity index (χ0n) is 11.9. The standard InChI is InChI=1S/C18H13NO2S/c1-21-18(20)17-15(14-7-4-10-22-14)13-9-8-11-5-2-3-6-12(11)16(13)19-17/h2-10,19H,1H3. The van der Waals surface area contributed by atoms with E-state index in [1.165, 1.54) is 7.11 Å². The molecule has 0 bridgehead atoms. The Kier molecular flexibility index (Phi) is 2.98. The SMILES string of the molecule is COC(=O)c1[nH]c2c(ccc3ccccc32)c1-c1cccs1. The minimum absolute atomic E-state index is 0.344. The van der Waals surface area contributed by atoms with E-state index in [-0.39, 0.29) is 5.97 Å². The Balaban J connectivity index is 2.15. The third-order valence-electron chi connectivity index (χ3n) is 3.86. The lowest BCUT2D eigenvalue weighted by molar-refractivity contribution is 0.0596. The van der Waals surface area contributed by atoms with E-state index in [0.29, 0.717) is 5.69 Å². The van der Waals surface area contributed by atoms with Crippen LogP contribution in [0.3, 0.4) is 0 Å². The number of nitrogens with one attached hydrogen (secondary N) is 1. The van der Waals surface area contributed by atoms with Gasteiger partial charge in [0.2, 0.25) is 0 Å². The summed E-state index contributed by atoms with van der Waals surface area (Å²) >= 11 is 1.62. The first kappa shape index (κ1) is 13.1. The normalized spacial score (nSPS) is 11.1. The molecule has 4 heteroatoms. The van der Waals surface area contributed by atoms with Crippen molar-refractivity contribution in [3.05, 3.63) is 59.6 Å². The Labute approximate surface area is 131 Å². The number of ether oxygens (including phenoxy) is 1. The zero-order chi connectivity index (χ0) is 15.1. The molecule has 2 aromatic carbocycles. The van der Waals surface area contributed by atoms with Crippen LogP contribution in [0, 0.1) is 0 Å². The third kappa shape index (κ3) is 1.84. The molecule has 0 amide bonds. The number of thiophene rings is 1. The quantitative estimate of drug-likeness (QED) is 0.539. The van der Waals surface area contributed by atoms with Gasteiger partial charge in [-0.05, 0) is 16.8 Å². The van der Waals surface area contributed by atoms with E-state index in [4.69, 9.17) is 4.74 Å². The summed E-state index contributed by atoms with van der Waals surface area (Å²) in [5.41, 5.74) is 2.40. The summed E-state index contributed by atoms with van der Waals surface area (Å²) in [6, 6.07) is 16.3. The number of aromatic amines is 1. The molecule has 0 radical (unpaired) electrons. The largest absolute Gasteiger partial charge is 0.464 e. The van der Waals surface area contributed by atoms with Crippen molar-refractivity contribution in [3.8, 4) is 10.4 Å². The molecule has 0 aliphatic rings. The van der Waals surface area contributed by atoms with Crippen molar-refractivity contribution in [1.29, 1.82) is 0 Å². The number of carbonyl (C=O) groups excluding carboxylic acids is 1. The average Bonchev–Trinajstić information content (AvgIpc) is 3.20. The van der Waals surface area contributed by atoms with E-state index in [1.807, 2.05) is 29.6 Å². The second kappa shape index (κ2) is 5.00. The number of hydrogen-bond acceptors (Lipinski definition) is 3. The number of hydrogen-bond donors (Lipinski definition) is 1. The number of aromatic nitrogens is 1. The second-order valence-corrected chi connectivity index (χ2v) is 6.00. The van der Waals surface area contributed by atoms with Gasteiger partial charge < -0.3 is 9.72 Å². The summed E-state index contributed by atoms with van der Waals surface area (Å²) in [5.74, 6) is -0.344. The maximum atomic E-state index is 12.2. The fourth-order valence-electron chi connectivity index (χ4n) is 2.87. The summed E-state index contributed by atoms with van der Waals surface area (Å²) in [5, 5.41) is 5.30. The maximum absolute atomic E-state index is 12.2. The molecule has 1 N–H and O–H groups in total. The van der Waals surface area contributed by atoms with Crippen LogP contribution in [0.15, 0.2) is 53.9 Å². The first-order valence-corrected chi connectivity index (χ1v) is 7.83. The van der Waals surface area contributed by atoms with Gasteiger partial charge in [-0.1, -0.05) is 42.5 Å². The highest BCUT2D eigenvalue weighted by Crippen LogP contribution is 2.38. The molecule has 0 aliphatic heterocycles. The predicted octanol–water partition coefficient (Wildman–Crippen LogP) is 4.84. The minimum atomic E-state index is -0.344. The smallest absolute Gasteiger partial charge is 0.355 e. The molecule has 4 aromatic rings. The van der Waals surface area contributed by atoms with Gasteiger partial charge in [0.25, 0.3) is 0 Å². The van der Waals surface area contributed by atoms with Gasteiger partial charge in [0, 0.05) is 21.2 Å². The molecule has 2 heterocycles. The molecule has 22 heavy (non-hydrogen) atoms. The molecule has 3 nitrogen and oxygen atoms in total. The van der Waals surface area contributed by atoms with Crippen molar-refractivity contribution >= 4 is 39.0 Å². The second-order valence-electron chi connectivity index (χ2n) is 5.05. The first-order chi connectivity index (χ1) is 10.8. The lowest BCUT2D eigenvalue weighted by Crippen LogP contribution is -2.02. The van der Waals surface area contributed by atoms with Gasteiger partial charge in [0.1, 0.15) is 5.69 Å². The van der Waals surface area contributed by atoms with Crippen molar-refractivity contribution in [1.82, 2.24) is 4.98 Å². The molecule has 0 saturated heterocycles. The summed E-state index contributed by atoms with van der Waals surface area (Å²) in [4.78, 5) is 16.5. The van der Waals surface area contributed by atoms with E-state index in [2.05, 4.69) is 29.2 Å². The van der Waals surface area contributed by atoms with Crippen LogP contribution in [0.1, 0.15) is 10.5 Å². The van der Waals surface area contributed by atoms with Crippen molar-refractivity contribution in [2.24, 2.45) is 0 Å². The fourth-order valence-corrected chi connectivity index (χ4v) is 3.66. The summed E-state index contributed by atoms with van der Waals surface area (Å²) in [6.07, 6.45) is 0. The van der Waals surface area contributed by atoms with Crippen LogP contribution >= 0.6 is 11.3 Å². The Hall–Kier alpha value is -2.59. The average molecular weight is 307 g/mol. The predicted molar refractivity (Wildman–Crippen MR) is 90.5 cm³/mol. The van der Waals surface area contributed by atoms with Crippen LogP contribution < -0.4 is 0 Å². The van der Waals surface area contributed by atoms with Crippen LogP contribution in [0.5, 0.6) is 0 Å². The molecule has 0 saturated carbocycles. The highest BCUT2D eigenvalue weighted by atomic mass is 32.1. The molecule has 0 aliphatic carbocycles. The molecule has 0 unspecified atom stereocenters. The van der Waals surface area contributed by atoms with Gasteiger partial charge >= 0.3 is 5.97 Å². The minimum Gasteiger partial charge on any atom is -0.464 e. The maximum Gasteiger partial charge on any atom is 0.355 e. The highest BCUT2D eigenvalue weighted by Gasteiger charge is 2.21. The topological polar surface area (TPSA) is 42.1 Å². The molecule has 0 fully saturated rings. The Bertz CT molecular complexity index is 983. The first-order valence-electron chi connectivity index (χ1n) is 6.95. The van der Waals surface area contributed by atoms with Crippen LogP contribution in [0.2, 0.25) is 0 Å². The molecule has 0 spiro atoms. The Morgan fingerprint density at radius 1 is 1.05 bits per heavy atom. The number of esters is 1. The molecule has 0 atom stereocenters. The third-order valence-corrected chi connectivity index (χ3v) is 4.74. The fraction of sp³-hybridized carbons (Fsp3) is 0.0556. The molecular formula is C18H13NO2S. The molecule has 4 rings (SSSR count). The molecular weight excluding hydrogens is 294 g/mol. The number of carbonyl (C=O) groups is 1. The lowest BCUT2D eigenvalue weighted by atomic mass is 10.0. The summed E-state index contributed by atoms with van der Waals surface area (Å²) in [7, 11) is 1.41. The van der Waals surface area contributed by atoms with E-state index in [1.54, 1.807) is 11.3 Å². The summed E-state index contributed by atoms with van der Waals surface area (Å²) in [6.45, 7) is 0. The van der Waals surface area contributed by atoms with Crippen LogP contribution in [0.25, 0.3) is 32.1 Å². The van der Waals surface area contributed by atoms with E-state index >= 15 is 0 Å². The van der Waals surface area contributed by atoms with Gasteiger partial charge in [-0.15, -0.1) is 11.3 Å². The number of H-pyrrole nitrogens is 1. The Morgan fingerprint density at radius 2 is 1.91 bits per heavy atom. The van der Waals surface area contributed by atoms with Crippen molar-refractivity contribution in [2.45, 2.75) is 0 Å². The summed E-state index contributed by atoms with van der Waals surface area (Å²) < 4.78 is 4.95. The van der Waals surface area contributed by atoms with Gasteiger partial charge in [-0.25, -0.2) is 4.79 Å². The number of fused-ring (bicyclic) bond motifs is 3. The van der Waals surface area contributed by atoms with Crippen molar-refractivity contribution < 1.29 is 9.53 Å². The molecule has 2 aromatic heterocycles. The number of benzene rings is 2. The van der Waals surface area contributed by atoms with Crippen LogP contribution in [0.4, 0.5) is 0 Å². The van der Waals surface area contributed by atoms with Gasteiger partial charge in [-0.3, -0.25) is 0 Å². The number of rotatable bonds is 2. The number of methoxy groups -OCH3 is 1. The van der Waals surface area contributed by atoms with E-state index in [0.717, 1.165) is 32.1 Å². The zero-order valence-corrected chi connectivity index (χ0v) is 12.7. The Morgan fingerprint density at radius 3 is 2.68 bits per heavy atom. The highest BCUT2D eigenvalue weighted by molar-refractivity contribution is 7.13. The van der Waals surface area contributed by atoms with Gasteiger partial charge in [0.15, 0.2) is 0 Å².